The summed E-state index contributed by atoms with van der Waals surface area (Å²) >= 11 is 0. The standard InChI is InChI=1S/C13H24N4/c1-4-17(9-5-8-16(2)3)13-11-15-7-6-12(13)10-14/h6-7,11H,4-5,8-10,14H2,1-3H3. The molecule has 0 fully saturated rings. The third kappa shape index (κ3) is 4.32. The zero-order valence-electron chi connectivity index (χ0n) is 11.2. The summed E-state index contributed by atoms with van der Waals surface area (Å²) in [5.74, 6) is 0. The summed E-state index contributed by atoms with van der Waals surface area (Å²) in [5, 5.41) is 0. The first-order valence-electron chi connectivity index (χ1n) is 6.21. The molecular weight excluding hydrogens is 212 g/mol. The Labute approximate surface area is 104 Å². The summed E-state index contributed by atoms with van der Waals surface area (Å²) in [4.78, 5) is 8.75. The van der Waals surface area contributed by atoms with Crippen LogP contribution in [0.15, 0.2) is 18.5 Å². The van der Waals surface area contributed by atoms with Crippen molar-refractivity contribution in [2.75, 3.05) is 38.6 Å². The molecule has 1 aromatic heterocycles. The molecule has 0 radical (unpaired) electrons. The Morgan fingerprint density at radius 2 is 2.06 bits per heavy atom. The van der Waals surface area contributed by atoms with Crippen LogP contribution in [0, 0.1) is 0 Å². The van der Waals surface area contributed by atoms with Crippen molar-refractivity contribution in [1.82, 2.24) is 9.88 Å². The predicted octanol–water partition coefficient (Wildman–Crippen LogP) is 1.32. The molecule has 0 atom stereocenters. The van der Waals surface area contributed by atoms with E-state index in [1.807, 2.05) is 12.3 Å². The summed E-state index contributed by atoms with van der Waals surface area (Å²) in [7, 11) is 4.21. The van der Waals surface area contributed by atoms with E-state index in [0.717, 1.165) is 26.1 Å². The molecule has 0 amide bonds. The van der Waals surface area contributed by atoms with Crippen molar-refractivity contribution in [1.29, 1.82) is 0 Å². The van der Waals surface area contributed by atoms with Gasteiger partial charge in [0.25, 0.3) is 0 Å². The van der Waals surface area contributed by atoms with E-state index in [2.05, 4.69) is 35.8 Å². The van der Waals surface area contributed by atoms with E-state index in [1.165, 1.54) is 11.3 Å². The van der Waals surface area contributed by atoms with Gasteiger partial charge in [-0.1, -0.05) is 0 Å². The molecule has 4 nitrogen and oxygen atoms in total. The van der Waals surface area contributed by atoms with Gasteiger partial charge in [-0.25, -0.2) is 0 Å². The molecule has 0 saturated heterocycles. The smallest absolute Gasteiger partial charge is 0.0598 e. The first kappa shape index (κ1) is 13.9. The monoisotopic (exact) mass is 236 g/mol. The molecule has 4 heteroatoms. The van der Waals surface area contributed by atoms with Gasteiger partial charge in [0.2, 0.25) is 0 Å². The summed E-state index contributed by atoms with van der Waals surface area (Å²) in [6.45, 7) is 5.89. The molecule has 1 rings (SSSR count). The molecule has 0 aliphatic heterocycles. The molecule has 1 aromatic rings. The van der Waals surface area contributed by atoms with Gasteiger partial charge in [0, 0.05) is 25.8 Å². The van der Waals surface area contributed by atoms with Crippen molar-refractivity contribution >= 4 is 5.69 Å². The van der Waals surface area contributed by atoms with Crippen LogP contribution in [0.4, 0.5) is 5.69 Å². The minimum atomic E-state index is 0.571. The van der Waals surface area contributed by atoms with Gasteiger partial charge in [-0.2, -0.15) is 0 Å². The lowest BCUT2D eigenvalue weighted by Crippen LogP contribution is -2.28. The first-order chi connectivity index (χ1) is 8.19. The lowest BCUT2D eigenvalue weighted by atomic mass is 10.2. The van der Waals surface area contributed by atoms with E-state index >= 15 is 0 Å². The number of hydrogen-bond acceptors (Lipinski definition) is 4. The van der Waals surface area contributed by atoms with Crippen LogP contribution in [-0.2, 0) is 6.54 Å². The highest BCUT2D eigenvalue weighted by Crippen LogP contribution is 2.18. The van der Waals surface area contributed by atoms with Gasteiger partial charge in [-0.3, -0.25) is 4.98 Å². The largest absolute Gasteiger partial charge is 0.370 e. The number of anilines is 1. The van der Waals surface area contributed by atoms with Crippen LogP contribution < -0.4 is 10.6 Å². The molecule has 0 aliphatic carbocycles. The van der Waals surface area contributed by atoms with Crippen LogP contribution in [-0.4, -0.2) is 43.6 Å². The van der Waals surface area contributed by atoms with E-state index in [-0.39, 0.29) is 0 Å². The van der Waals surface area contributed by atoms with Gasteiger partial charge < -0.3 is 15.5 Å². The Morgan fingerprint density at radius 3 is 2.65 bits per heavy atom. The number of aromatic nitrogens is 1. The van der Waals surface area contributed by atoms with Crippen molar-refractivity contribution in [2.45, 2.75) is 19.9 Å². The van der Waals surface area contributed by atoms with Gasteiger partial charge >= 0.3 is 0 Å². The molecule has 0 unspecified atom stereocenters. The van der Waals surface area contributed by atoms with Crippen molar-refractivity contribution in [3.8, 4) is 0 Å². The highest BCUT2D eigenvalue weighted by atomic mass is 15.1. The average Bonchev–Trinajstić information content (AvgIpc) is 2.34. The Bertz CT molecular complexity index is 325. The molecule has 0 saturated carbocycles. The fraction of sp³-hybridized carbons (Fsp3) is 0.615. The number of pyridine rings is 1. The molecule has 1 heterocycles. The van der Waals surface area contributed by atoms with Gasteiger partial charge in [-0.05, 0) is 45.6 Å². The minimum Gasteiger partial charge on any atom is -0.370 e. The second-order valence-corrected chi connectivity index (χ2v) is 4.45. The van der Waals surface area contributed by atoms with E-state index < -0.39 is 0 Å². The van der Waals surface area contributed by atoms with Crippen LogP contribution >= 0.6 is 0 Å². The van der Waals surface area contributed by atoms with Crippen LogP contribution in [0.25, 0.3) is 0 Å². The van der Waals surface area contributed by atoms with Crippen molar-refractivity contribution < 1.29 is 0 Å². The zero-order chi connectivity index (χ0) is 12.7. The molecule has 0 aromatic carbocycles. The molecule has 17 heavy (non-hydrogen) atoms. The third-order valence-electron chi connectivity index (χ3n) is 2.86. The van der Waals surface area contributed by atoms with E-state index in [1.54, 1.807) is 6.20 Å². The fourth-order valence-corrected chi connectivity index (χ4v) is 1.90. The Morgan fingerprint density at radius 1 is 1.29 bits per heavy atom. The van der Waals surface area contributed by atoms with Gasteiger partial charge in [0.1, 0.15) is 0 Å². The van der Waals surface area contributed by atoms with Gasteiger partial charge in [0.15, 0.2) is 0 Å². The number of nitrogens with zero attached hydrogens (tertiary/aromatic N) is 3. The number of hydrogen-bond donors (Lipinski definition) is 1. The summed E-state index contributed by atoms with van der Waals surface area (Å²) < 4.78 is 0. The molecule has 96 valence electrons. The Kier molecular flexibility index (Phi) is 5.94. The van der Waals surface area contributed by atoms with E-state index in [9.17, 15) is 0 Å². The minimum absolute atomic E-state index is 0.571. The molecule has 0 bridgehead atoms. The summed E-state index contributed by atoms with van der Waals surface area (Å²) in [6.07, 6.45) is 4.88. The lowest BCUT2D eigenvalue weighted by molar-refractivity contribution is 0.400. The average molecular weight is 236 g/mol. The number of rotatable bonds is 7. The lowest BCUT2D eigenvalue weighted by Gasteiger charge is -2.25. The predicted molar refractivity (Wildman–Crippen MR) is 73.2 cm³/mol. The molecule has 0 spiro atoms. The molecule has 2 N–H and O–H groups in total. The first-order valence-corrected chi connectivity index (χ1v) is 6.21. The summed E-state index contributed by atoms with van der Waals surface area (Å²) in [5.41, 5.74) is 8.11. The SMILES string of the molecule is CCN(CCCN(C)C)c1cnccc1CN. The van der Waals surface area contributed by atoms with Crippen molar-refractivity contribution in [3.05, 3.63) is 24.0 Å². The van der Waals surface area contributed by atoms with Crippen LogP contribution in [0.2, 0.25) is 0 Å². The third-order valence-corrected chi connectivity index (χ3v) is 2.86. The van der Waals surface area contributed by atoms with Crippen LogP contribution in [0.1, 0.15) is 18.9 Å². The normalized spacial score (nSPS) is 10.9. The highest BCUT2D eigenvalue weighted by Gasteiger charge is 2.08. The Hall–Kier alpha value is -1.13. The van der Waals surface area contributed by atoms with Gasteiger partial charge in [0.05, 0.1) is 11.9 Å². The highest BCUT2D eigenvalue weighted by molar-refractivity contribution is 5.51. The maximum atomic E-state index is 5.76. The van der Waals surface area contributed by atoms with Crippen molar-refractivity contribution in [2.24, 2.45) is 5.73 Å². The maximum absolute atomic E-state index is 5.76. The Balaban J connectivity index is 2.65. The van der Waals surface area contributed by atoms with Crippen molar-refractivity contribution in [3.63, 3.8) is 0 Å². The second-order valence-electron chi connectivity index (χ2n) is 4.45. The zero-order valence-corrected chi connectivity index (χ0v) is 11.2. The number of nitrogens with two attached hydrogens (primary N) is 1. The summed E-state index contributed by atoms with van der Waals surface area (Å²) in [6, 6.07) is 2.00. The fourth-order valence-electron chi connectivity index (χ4n) is 1.90. The van der Waals surface area contributed by atoms with E-state index in [0.29, 0.717) is 6.54 Å². The van der Waals surface area contributed by atoms with E-state index in [4.69, 9.17) is 5.73 Å². The van der Waals surface area contributed by atoms with Crippen LogP contribution in [0.3, 0.4) is 0 Å². The topological polar surface area (TPSA) is 45.4 Å². The maximum Gasteiger partial charge on any atom is 0.0598 e. The molecule has 0 aliphatic rings. The quantitative estimate of drug-likeness (QED) is 0.775. The van der Waals surface area contributed by atoms with Crippen LogP contribution in [0.5, 0.6) is 0 Å². The second kappa shape index (κ2) is 7.25. The van der Waals surface area contributed by atoms with Gasteiger partial charge in [-0.15, -0.1) is 0 Å². The molecular formula is C13H24N4.